The van der Waals surface area contributed by atoms with Crippen molar-refractivity contribution in [3.05, 3.63) is 43.0 Å². The summed E-state index contributed by atoms with van der Waals surface area (Å²) in [5.41, 5.74) is 2.11. The normalized spacial score (nSPS) is 19.8. The molecule has 0 amide bonds. The first-order valence-electron chi connectivity index (χ1n) is 10.7. The second-order valence-corrected chi connectivity index (χ2v) is 9.59. The average molecular weight is 439 g/mol. The van der Waals surface area contributed by atoms with Gasteiger partial charge in [-0.25, -0.2) is 14.2 Å². The fourth-order valence-corrected chi connectivity index (χ4v) is 5.28. The first-order chi connectivity index (χ1) is 15.1. The lowest BCUT2D eigenvalue weighted by atomic mass is 9.78. The summed E-state index contributed by atoms with van der Waals surface area (Å²) in [5.74, 6) is 2.00. The Bertz CT molecular complexity index is 1090. The summed E-state index contributed by atoms with van der Waals surface area (Å²) in [5, 5.41) is 1.03. The van der Waals surface area contributed by atoms with Crippen LogP contribution < -0.4 is 4.90 Å². The van der Waals surface area contributed by atoms with Gasteiger partial charge in [-0.15, -0.1) is 0 Å². The highest BCUT2D eigenvalue weighted by atomic mass is 32.2. The molecule has 2 aliphatic heterocycles. The molecule has 0 aliphatic carbocycles. The fraction of sp³-hybridized carbons (Fsp3) is 0.455. The van der Waals surface area contributed by atoms with E-state index in [2.05, 4.69) is 19.8 Å². The second-order valence-electron chi connectivity index (χ2n) is 8.54. The molecular weight excluding hydrogens is 412 g/mol. The summed E-state index contributed by atoms with van der Waals surface area (Å²) in [6.45, 7) is 4.64. The number of aromatic nitrogens is 4. The van der Waals surface area contributed by atoms with Crippen LogP contribution in [0, 0.1) is 5.41 Å². The predicted octanol–water partition coefficient (Wildman–Crippen LogP) is 2.60. The van der Waals surface area contributed by atoms with Crippen molar-refractivity contribution in [1.82, 2.24) is 24.8 Å². The van der Waals surface area contributed by atoms with E-state index in [1.54, 1.807) is 24.8 Å². The van der Waals surface area contributed by atoms with E-state index in [0.29, 0.717) is 23.5 Å². The van der Waals surface area contributed by atoms with Crippen molar-refractivity contribution in [1.29, 1.82) is 0 Å². The van der Waals surface area contributed by atoms with Gasteiger partial charge in [0.1, 0.15) is 5.82 Å². The van der Waals surface area contributed by atoms with Crippen molar-refractivity contribution in [2.45, 2.75) is 19.3 Å². The molecule has 31 heavy (non-hydrogen) atoms. The number of anilines is 1. The molecule has 1 spiro atoms. The van der Waals surface area contributed by atoms with Gasteiger partial charge in [-0.05, 0) is 49.4 Å². The van der Waals surface area contributed by atoms with E-state index in [4.69, 9.17) is 14.5 Å². The van der Waals surface area contributed by atoms with Gasteiger partial charge < -0.3 is 14.4 Å². The molecule has 162 valence electrons. The third kappa shape index (κ3) is 4.30. The SMILES string of the molecule is O=S(O)CCN1CCC2(CCN(c3nc(-c4ccncc4)nc4cnccc34)CC2)C1. The summed E-state index contributed by atoms with van der Waals surface area (Å²) in [6.07, 6.45) is 10.5. The van der Waals surface area contributed by atoms with Gasteiger partial charge >= 0.3 is 0 Å². The van der Waals surface area contributed by atoms with Gasteiger partial charge in [-0.2, -0.15) is 0 Å². The number of fused-ring (bicyclic) bond motifs is 1. The van der Waals surface area contributed by atoms with Crippen LogP contribution in [0.5, 0.6) is 0 Å². The summed E-state index contributed by atoms with van der Waals surface area (Å²) in [4.78, 5) is 22.8. The van der Waals surface area contributed by atoms with Crippen LogP contribution in [-0.4, -0.2) is 72.1 Å². The standard InChI is InChI=1S/C22H26N6O2S/c29-31(30)14-13-27-10-4-22(16-27)5-11-28(12-6-22)21-18-3-9-24-15-19(18)25-20(26-21)17-1-7-23-8-2-17/h1-3,7-9,15H,4-6,10-14,16H2,(H,29,30). The van der Waals surface area contributed by atoms with Crippen LogP contribution in [0.2, 0.25) is 0 Å². The van der Waals surface area contributed by atoms with Gasteiger partial charge in [-0.1, -0.05) is 0 Å². The van der Waals surface area contributed by atoms with Gasteiger partial charge in [0, 0.05) is 55.7 Å². The zero-order chi connectivity index (χ0) is 21.3. The Morgan fingerprint density at radius 2 is 1.74 bits per heavy atom. The van der Waals surface area contributed by atoms with Gasteiger partial charge in [0.05, 0.1) is 17.5 Å². The molecule has 0 bridgehead atoms. The number of pyridine rings is 2. The molecule has 2 saturated heterocycles. The predicted molar refractivity (Wildman–Crippen MR) is 121 cm³/mol. The summed E-state index contributed by atoms with van der Waals surface area (Å²) in [6, 6.07) is 5.86. The average Bonchev–Trinajstić information content (AvgIpc) is 3.20. The molecule has 1 atom stereocenters. The lowest BCUT2D eigenvalue weighted by molar-refractivity contribution is 0.212. The highest BCUT2D eigenvalue weighted by Gasteiger charge is 2.40. The Hall–Kier alpha value is -2.49. The molecule has 2 fully saturated rings. The van der Waals surface area contributed by atoms with Crippen LogP contribution in [0.25, 0.3) is 22.3 Å². The second kappa shape index (κ2) is 8.57. The van der Waals surface area contributed by atoms with E-state index in [9.17, 15) is 4.21 Å². The van der Waals surface area contributed by atoms with E-state index in [0.717, 1.165) is 67.7 Å². The third-order valence-corrected chi connectivity index (χ3v) is 7.17. The van der Waals surface area contributed by atoms with Crippen molar-refractivity contribution < 1.29 is 8.76 Å². The lowest BCUT2D eigenvalue weighted by Gasteiger charge is -2.40. The Morgan fingerprint density at radius 1 is 1.00 bits per heavy atom. The molecular formula is C22H26N6O2S. The van der Waals surface area contributed by atoms with Crippen LogP contribution >= 0.6 is 0 Å². The summed E-state index contributed by atoms with van der Waals surface area (Å²) in [7, 11) is 0. The molecule has 3 aromatic heterocycles. The van der Waals surface area contributed by atoms with Crippen molar-refractivity contribution in [3.8, 4) is 11.4 Å². The largest absolute Gasteiger partial charge is 0.356 e. The van der Waals surface area contributed by atoms with Crippen molar-refractivity contribution in [3.63, 3.8) is 0 Å². The molecule has 1 N–H and O–H groups in total. The van der Waals surface area contributed by atoms with Gasteiger partial charge in [0.2, 0.25) is 0 Å². The van der Waals surface area contributed by atoms with Crippen LogP contribution in [0.1, 0.15) is 19.3 Å². The van der Waals surface area contributed by atoms with Crippen LogP contribution in [0.3, 0.4) is 0 Å². The topological polar surface area (TPSA) is 95.3 Å². The number of piperidine rings is 1. The maximum absolute atomic E-state index is 11.0. The molecule has 5 rings (SSSR count). The molecule has 1 unspecified atom stereocenters. The maximum atomic E-state index is 11.0. The molecule has 2 aliphatic rings. The maximum Gasteiger partial charge on any atom is 0.162 e. The molecule has 0 saturated carbocycles. The van der Waals surface area contributed by atoms with E-state index in [1.807, 2.05) is 18.2 Å². The zero-order valence-corrected chi connectivity index (χ0v) is 18.2. The van der Waals surface area contributed by atoms with Crippen molar-refractivity contribution >= 4 is 27.8 Å². The first-order valence-corrected chi connectivity index (χ1v) is 12.0. The zero-order valence-electron chi connectivity index (χ0n) is 17.4. The summed E-state index contributed by atoms with van der Waals surface area (Å²) < 4.78 is 20.1. The van der Waals surface area contributed by atoms with Gasteiger partial charge in [0.25, 0.3) is 0 Å². The van der Waals surface area contributed by atoms with Crippen LogP contribution in [-0.2, 0) is 11.1 Å². The lowest BCUT2D eigenvalue weighted by Crippen LogP contribution is -2.42. The number of nitrogens with zero attached hydrogens (tertiary/aromatic N) is 6. The van der Waals surface area contributed by atoms with Gasteiger partial charge in [-0.3, -0.25) is 9.97 Å². The van der Waals surface area contributed by atoms with Crippen molar-refractivity contribution in [2.24, 2.45) is 5.41 Å². The molecule has 8 nitrogen and oxygen atoms in total. The van der Waals surface area contributed by atoms with E-state index < -0.39 is 11.1 Å². The minimum absolute atomic E-state index is 0.311. The Balaban J connectivity index is 1.37. The van der Waals surface area contributed by atoms with Crippen molar-refractivity contribution in [2.75, 3.05) is 43.4 Å². The smallest absolute Gasteiger partial charge is 0.162 e. The van der Waals surface area contributed by atoms with Crippen LogP contribution in [0.15, 0.2) is 43.0 Å². The fourth-order valence-electron chi connectivity index (χ4n) is 4.86. The number of likely N-dealkylation sites (tertiary alicyclic amines) is 1. The minimum Gasteiger partial charge on any atom is -0.356 e. The Kier molecular flexibility index (Phi) is 5.64. The molecule has 0 aromatic carbocycles. The highest BCUT2D eigenvalue weighted by molar-refractivity contribution is 7.79. The van der Waals surface area contributed by atoms with E-state index in [-0.39, 0.29) is 0 Å². The number of rotatable bonds is 5. The van der Waals surface area contributed by atoms with E-state index >= 15 is 0 Å². The van der Waals surface area contributed by atoms with Gasteiger partial charge in [0.15, 0.2) is 16.9 Å². The summed E-state index contributed by atoms with van der Waals surface area (Å²) >= 11 is -1.71. The Labute approximate surface area is 184 Å². The highest BCUT2D eigenvalue weighted by Crippen LogP contribution is 2.42. The van der Waals surface area contributed by atoms with Crippen LogP contribution in [0.4, 0.5) is 5.82 Å². The third-order valence-electron chi connectivity index (χ3n) is 6.64. The monoisotopic (exact) mass is 438 g/mol. The number of hydrogen-bond acceptors (Lipinski definition) is 7. The first kappa shape index (κ1) is 20.4. The minimum atomic E-state index is -1.71. The number of hydrogen-bond donors (Lipinski definition) is 1. The molecule has 9 heteroatoms. The molecule has 0 radical (unpaired) electrons. The molecule has 5 heterocycles. The molecule has 3 aromatic rings. The van der Waals surface area contributed by atoms with E-state index in [1.165, 1.54) is 0 Å². The Morgan fingerprint density at radius 3 is 2.52 bits per heavy atom. The quantitative estimate of drug-likeness (QED) is 0.608.